The first-order valence-electron chi connectivity index (χ1n) is 16.7. The lowest BCUT2D eigenvalue weighted by molar-refractivity contribution is -0.140. The molecule has 3 aromatic rings. The Morgan fingerprint density at radius 2 is 1.73 bits per heavy atom. The van der Waals surface area contributed by atoms with Gasteiger partial charge in [-0.1, -0.05) is 79.7 Å². The van der Waals surface area contributed by atoms with E-state index in [1.165, 1.54) is 29.5 Å². The largest absolute Gasteiger partial charge is 0.487 e. The van der Waals surface area contributed by atoms with Crippen LogP contribution in [0.1, 0.15) is 80.0 Å². The molecular weight excluding hydrogens is 548 g/mol. The van der Waals surface area contributed by atoms with Crippen molar-refractivity contribution in [2.24, 2.45) is 0 Å². The molecule has 2 fully saturated rings. The van der Waals surface area contributed by atoms with Crippen molar-refractivity contribution >= 4 is 5.91 Å². The standard InChI is InChI=1S/C38H48N2O4/c1-2-28-15-18-35-32(23-28)31(25-38(44-35)19-9-10-20-38)16-17-34(41)33(24-29-11-5-3-6-12-29)39-37(42)36-27-40(21-22-43-36)26-30-13-7-4-8-14-30/h3-8,11-15,18,23,31,33-34,36,41H,2,9-10,16-17,19-22,24-27H2,1H3,(H,39,42)/t31-,33-,34+,36?/m0/s1. The number of benzene rings is 3. The number of nitrogens with zero attached hydrogens (tertiary/aromatic N) is 1. The molecule has 0 radical (unpaired) electrons. The fraction of sp³-hybridized carbons (Fsp3) is 0.500. The number of hydrogen-bond donors (Lipinski definition) is 2. The number of ether oxygens (including phenoxy) is 2. The highest BCUT2D eigenvalue weighted by molar-refractivity contribution is 5.81. The predicted molar refractivity (Wildman–Crippen MR) is 174 cm³/mol. The van der Waals surface area contributed by atoms with E-state index in [2.05, 4.69) is 59.6 Å². The van der Waals surface area contributed by atoms with Crippen molar-refractivity contribution in [2.45, 2.75) is 101 Å². The second-order valence-corrected chi connectivity index (χ2v) is 13.1. The van der Waals surface area contributed by atoms with Crippen LogP contribution in [-0.2, 0) is 28.9 Å². The van der Waals surface area contributed by atoms with Crippen molar-refractivity contribution in [3.63, 3.8) is 0 Å². The van der Waals surface area contributed by atoms with Gasteiger partial charge in [-0.25, -0.2) is 0 Å². The molecular formula is C38H48N2O4. The highest BCUT2D eigenvalue weighted by Crippen LogP contribution is 2.49. The third kappa shape index (κ3) is 7.53. The van der Waals surface area contributed by atoms with Gasteiger partial charge in [-0.05, 0) is 92.0 Å². The first-order chi connectivity index (χ1) is 21.5. The van der Waals surface area contributed by atoms with Crippen LogP contribution < -0.4 is 10.1 Å². The summed E-state index contributed by atoms with van der Waals surface area (Å²) in [7, 11) is 0. The molecule has 6 nitrogen and oxygen atoms in total. The molecule has 3 aromatic carbocycles. The highest BCUT2D eigenvalue weighted by atomic mass is 16.5. The SMILES string of the molecule is CCc1ccc2c(c1)[C@@H](CC[C@@H](O)[C@H](Cc1ccccc1)NC(=O)C1CN(Cc3ccccc3)CCO1)CC1(CCCC1)O2. The lowest BCUT2D eigenvalue weighted by Crippen LogP contribution is -2.54. The zero-order valence-electron chi connectivity index (χ0n) is 26.1. The van der Waals surface area contributed by atoms with Gasteiger partial charge in [0.05, 0.1) is 18.8 Å². The first-order valence-corrected chi connectivity index (χ1v) is 16.7. The smallest absolute Gasteiger partial charge is 0.250 e. The lowest BCUT2D eigenvalue weighted by atomic mass is 9.78. The van der Waals surface area contributed by atoms with E-state index in [4.69, 9.17) is 9.47 Å². The van der Waals surface area contributed by atoms with Crippen molar-refractivity contribution in [3.05, 3.63) is 101 Å². The minimum Gasteiger partial charge on any atom is -0.487 e. The number of hydrogen-bond acceptors (Lipinski definition) is 5. The summed E-state index contributed by atoms with van der Waals surface area (Å²) in [5, 5.41) is 14.9. The number of aryl methyl sites for hydroxylation is 1. The Morgan fingerprint density at radius 1 is 1.00 bits per heavy atom. The van der Waals surface area contributed by atoms with Crippen LogP contribution in [0.4, 0.5) is 0 Å². The van der Waals surface area contributed by atoms with Gasteiger partial charge in [0.25, 0.3) is 5.91 Å². The van der Waals surface area contributed by atoms with Gasteiger partial charge in [-0.15, -0.1) is 0 Å². The van der Waals surface area contributed by atoms with Crippen molar-refractivity contribution in [1.82, 2.24) is 10.2 Å². The quantitative estimate of drug-likeness (QED) is 0.276. The van der Waals surface area contributed by atoms with Crippen molar-refractivity contribution in [1.29, 1.82) is 0 Å². The fourth-order valence-electron chi connectivity index (χ4n) is 7.49. The minimum absolute atomic E-state index is 0.0715. The van der Waals surface area contributed by atoms with E-state index in [9.17, 15) is 9.90 Å². The molecule has 2 aliphatic heterocycles. The Labute approximate surface area is 262 Å². The Kier molecular flexibility index (Phi) is 10.00. The van der Waals surface area contributed by atoms with Gasteiger partial charge in [-0.2, -0.15) is 0 Å². The van der Waals surface area contributed by atoms with E-state index < -0.39 is 18.2 Å². The minimum atomic E-state index is -0.677. The molecule has 1 saturated carbocycles. The maximum Gasteiger partial charge on any atom is 0.250 e. The predicted octanol–water partition coefficient (Wildman–Crippen LogP) is 6.20. The third-order valence-corrected chi connectivity index (χ3v) is 9.98. The van der Waals surface area contributed by atoms with E-state index in [0.29, 0.717) is 31.9 Å². The highest BCUT2D eigenvalue weighted by Gasteiger charge is 2.43. The number of amides is 1. The molecule has 0 bridgehead atoms. The number of aliphatic hydroxyl groups excluding tert-OH is 1. The zero-order valence-corrected chi connectivity index (χ0v) is 26.1. The summed E-state index contributed by atoms with van der Waals surface area (Å²) in [6, 6.07) is 26.8. The van der Waals surface area contributed by atoms with Gasteiger partial charge in [0.1, 0.15) is 17.5 Å². The number of rotatable bonds is 11. The van der Waals surface area contributed by atoms with Crippen molar-refractivity contribution < 1.29 is 19.4 Å². The monoisotopic (exact) mass is 596 g/mol. The van der Waals surface area contributed by atoms with Crippen LogP contribution in [0.3, 0.4) is 0 Å². The Balaban J connectivity index is 1.14. The maximum absolute atomic E-state index is 13.6. The number of carbonyl (C=O) groups excluding carboxylic acids is 1. The molecule has 1 aliphatic carbocycles. The van der Waals surface area contributed by atoms with E-state index in [1.54, 1.807) is 0 Å². The molecule has 6 heteroatoms. The molecule has 234 valence electrons. The number of aliphatic hydroxyl groups is 1. The molecule has 3 aliphatic rings. The molecule has 1 spiro atoms. The summed E-state index contributed by atoms with van der Waals surface area (Å²) in [6.45, 7) is 4.83. The molecule has 0 aromatic heterocycles. The van der Waals surface area contributed by atoms with Crippen LogP contribution >= 0.6 is 0 Å². The summed E-state index contributed by atoms with van der Waals surface area (Å²) in [6.07, 6.45) is 7.45. The average Bonchev–Trinajstić information content (AvgIpc) is 3.51. The van der Waals surface area contributed by atoms with Crippen LogP contribution in [0, 0.1) is 0 Å². The second-order valence-electron chi connectivity index (χ2n) is 13.1. The van der Waals surface area contributed by atoms with Crippen LogP contribution in [0.2, 0.25) is 0 Å². The Morgan fingerprint density at radius 3 is 2.45 bits per heavy atom. The molecule has 6 rings (SSSR count). The van der Waals surface area contributed by atoms with Crippen LogP contribution in [0.25, 0.3) is 0 Å². The van der Waals surface area contributed by atoms with Crippen molar-refractivity contribution in [2.75, 3.05) is 19.7 Å². The zero-order chi connectivity index (χ0) is 30.4. The summed E-state index contributed by atoms with van der Waals surface area (Å²) in [5.74, 6) is 1.22. The Bertz CT molecular complexity index is 1360. The number of morpholine rings is 1. The van der Waals surface area contributed by atoms with Gasteiger partial charge in [0, 0.05) is 19.6 Å². The first kappa shape index (κ1) is 30.8. The lowest BCUT2D eigenvalue weighted by Gasteiger charge is -2.41. The van der Waals surface area contributed by atoms with E-state index >= 15 is 0 Å². The average molecular weight is 597 g/mol. The number of carbonyl (C=O) groups is 1. The van der Waals surface area contributed by atoms with E-state index in [0.717, 1.165) is 56.5 Å². The van der Waals surface area contributed by atoms with E-state index in [-0.39, 0.29) is 11.5 Å². The third-order valence-electron chi connectivity index (χ3n) is 9.98. The molecule has 2 heterocycles. The Hall–Kier alpha value is -3.19. The molecule has 2 N–H and O–H groups in total. The number of nitrogens with one attached hydrogen (secondary N) is 1. The summed E-state index contributed by atoms with van der Waals surface area (Å²) in [4.78, 5) is 15.9. The van der Waals surface area contributed by atoms with Crippen molar-refractivity contribution in [3.8, 4) is 5.75 Å². The molecule has 1 saturated heterocycles. The van der Waals surface area contributed by atoms with Gasteiger partial charge >= 0.3 is 0 Å². The topological polar surface area (TPSA) is 71.0 Å². The van der Waals surface area contributed by atoms with Gasteiger partial charge in [-0.3, -0.25) is 9.69 Å². The maximum atomic E-state index is 13.6. The second kappa shape index (κ2) is 14.3. The summed E-state index contributed by atoms with van der Waals surface area (Å²) < 4.78 is 12.6. The summed E-state index contributed by atoms with van der Waals surface area (Å²) >= 11 is 0. The van der Waals surface area contributed by atoms with Gasteiger partial charge in [0.2, 0.25) is 0 Å². The van der Waals surface area contributed by atoms with Gasteiger partial charge in [0.15, 0.2) is 0 Å². The summed E-state index contributed by atoms with van der Waals surface area (Å²) in [5.41, 5.74) is 4.86. The molecule has 1 unspecified atom stereocenters. The van der Waals surface area contributed by atoms with E-state index in [1.807, 2.05) is 36.4 Å². The van der Waals surface area contributed by atoms with Crippen LogP contribution in [-0.4, -0.2) is 59.5 Å². The fourth-order valence-corrected chi connectivity index (χ4v) is 7.49. The van der Waals surface area contributed by atoms with Crippen LogP contribution in [0.5, 0.6) is 5.75 Å². The molecule has 1 amide bonds. The molecule has 4 atom stereocenters. The van der Waals surface area contributed by atoms with Gasteiger partial charge < -0.3 is 19.9 Å². The normalized spacial score (nSPS) is 22.6. The van der Waals surface area contributed by atoms with Crippen LogP contribution in [0.15, 0.2) is 78.9 Å². The molecule has 44 heavy (non-hydrogen) atoms. The number of fused-ring (bicyclic) bond motifs is 1.